The third kappa shape index (κ3) is 3.58. The Morgan fingerprint density at radius 3 is 3.00 bits per heavy atom. The molecular formula is C20H25N2O2+. The van der Waals surface area contributed by atoms with Gasteiger partial charge >= 0.3 is 5.97 Å². The van der Waals surface area contributed by atoms with Crippen LogP contribution in [0.2, 0.25) is 0 Å². The van der Waals surface area contributed by atoms with Crippen molar-refractivity contribution in [1.82, 2.24) is 4.98 Å². The number of H-pyrrole nitrogens is 1. The second kappa shape index (κ2) is 7.47. The highest BCUT2D eigenvalue weighted by Gasteiger charge is 2.19. The quantitative estimate of drug-likeness (QED) is 0.655. The maximum Gasteiger partial charge on any atom is 0.311 e. The highest BCUT2D eigenvalue weighted by Crippen LogP contribution is 2.24. The van der Waals surface area contributed by atoms with Crippen LogP contribution in [0, 0.1) is 5.92 Å². The predicted octanol–water partition coefficient (Wildman–Crippen LogP) is 3.11. The summed E-state index contributed by atoms with van der Waals surface area (Å²) in [7, 11) is 1.44. The molecular weight excluding hydrogens is 300 g/mol. The molecule has 1 aliphatic heterocycles. The van der Waals surface area contributed by atoms with Gasteiger partial charge in [0.25, 0.3) is 0 Å². The number of nitrogens with zero attached hydrogens (tertiary/aromatic N) is 1. The highest BCUT2D eigenvalue weighted by molar-refractivity contribution is 5.86. The lowest BCUT2D eigenvalue weighted by atomic mass is 10.0. The van der Waals surface area contributed by atoms with E-state index in [1.807, 2.05) is 12.1 Å². The number of hydrogen-bond donors (Lipinski definition) is 1. The maximum absolute atomic E-state index is 11.7. The second-order valence-electron chi connectivity index (χ2n) is 6.33. The lowest BCUT2D eigenvalue weighted by Crippen LogP contribution is -2.25. The summed E-state index contributed by atoms with van der Waals surface area (Å²) < 4.78 is 7.22. The van der Waals surface area contributed by atoms with Gasteiger partial charge in [0, 0.05) is 28.9 Å². The second-order valence-corrected chi connectivity index (χ2v) is 6.33. The van der Waals surface area contributed by atoms with Crippen molar-refractivity contribution in [2.75, 3.05) is 20.2 Å². The number of allylic oxidation sites excluding steroid dienone is 1. The molecule has 0 saturated carbocycles. The molecule has 0 fully saturated rings. The predicted molar refractivity (Wildman–Crippen MR) is 96.7 cm³/mol. The molecule has 0 amide bonds. The van der Waals surface area contributed by atoms with Crippen molar-refractivity contribution < 1.29 is 14.1 Å². The number of para-hydroxylation sites is 1. The van der Waals surface area contributed by atoms with Crippen molar-refractivity contribution in [3.63, 3.8) is 0 Å². The Morgan fingerprint density at radius 1 is 1.38 bits per heavy atom. The maximum atomic E-state index is 11.7. The lowest BCUT2D eigenvalue weighted by molar-refractivity contribution is -0.529. The fourth-order valence-corrected chi connectivity index (χ4v) is 3.35. The molecule has 0 aliphatic carbocycles. The van der Waals surface area contributed by atoms with Crippen molar-refractivity contribution in [1.29, 1.82) is 0 Å². The minimum atomic E-state index is -0.207. The monoisotopic (exact) mass is 325 g/mol. The molecule has 4 heteroatoms. The van der Waals surface area contributed by atoms with E-state index in [0.29, 0.717) is 12.3 Å². The molecule has 1 N–H and O–H groups in total. The Hall–Kier alpha value is -2.36. The first-order chi connectivity index (χ1) is 11.7. The van der Waals surface area contributed by atoms with Crippen LogP contribution in [0.3, 0.4) is 0 Å². The zero-order chi connectivity index (χ0) is 16.9. The van der Waals surface area contributed by atoms with Crippen molar-refractivity contribution in [2.24, 2.45) is 5.92 Å². The van der Waals surface area contributed by atoms with Gasteiger partial charge in [-0.2, -0.15) is 0 Å². The molecule has 24 heavy (non-hydrogen) atoms. The van der Waals surface area contributed by atoms with Gasteiger partial charge < -0.3 is 9.72 Å². The van der Waals surface area contributed by atoms with E-state index >= 15 is 0 Å². The summed E-state index contributed by atoms with van der Waals surface area (Å²) in [6.45, 7) is 4.26. The average molecular weight is 325 g/mol. The Bertz CT molecular complexity index is 786. The van der Waals surface area contributed by atoms with Crippen LogP contribution in [0.15, 0.2) is 36.4 Å². The third-order valence-corrected chi connectivity index (χ3v) is 4.77. The Labute approximate surface area is 142 Å². The molecule has 1 atom stereocenters. The number of nitrogens with one attached hydrogen (secondary N) is 1. The summed E-state index contributed by atoms with van der Waals surface area (Å²) in [4.78, 5) is 15.1. The molecule has 1 aromatic heterocycles. The minimum absolute atomic E-state index is 0.207. The number of benzene rings is 1. The molecule has 0 unspecified atom stereocenters. The van der Waals surface area contributed by atoms with E-state index in [2.05, 4.69) is 47.0 Å². The molecule has 0 spiro atoms. The van der Waals surface area contributed by atoms with Crippen LogP contribution in [0.25, 0.3) is 10.9 Å². The molecule has 126 valence electrons. The van der Waals surface area contributed by atoms with Crippen LogP contribution < -0.4 is 0 Å². The fraction of sp³-hybridized carbons (Fsp3) is 0.400. The standard InChI is InChI=1S/C20H25N2O2/c1-3-15-7-6-11-22(14-15)12-10-17-16-8-4-5-9-18(16)21-19(17)13-20(23)24-2/h4-9,11,15,21H,3,10,12-14H2,1-2H3/q+1/t15-/m0/s1. The van der Waals surface area contributed by atoms with Gasteiger partial charge in [0.1, 0.15) is 13.1 Å². The summed E-state index contributed by atoms with van der Waals surface area (Å²) in [6.07, 6.45) is 8.98. The highest BCUT2D eigenvalue weighted by atomic mass is 16.5. The van der Waals surface area contributed by atoms with E-state index in [1.54, 1.807) is 0 Å². The van der Waals surface area contributed by atoms with Crippen molar-refractivity contribution in [2.45, 2.75) is 26.2 Å². The van der Waals surface area contributed by atoms with Crippen molar-refractivity contribution in [3.05, 3.63) is 47.7 Å². The number of hydrogen-bond acceptors (Lipinski definition) is 2. The number of carbonyl (C=O) groups excluding carboxylic acids is 1. The number of methoxy groups -OCH3 is 1. The fourth-order valence-electron chi connectivity index (χ4n) is 3.35. The SMILES string of the molecule is CC[C@H]1C=CC=[N+](CCc2c(CC(=O)OC)[nH]c3ccccc23)C1. The zero-order valence-electron chi connectivity index (χ0n) is 14.4. The van der Waals surface area contributed by atoms with E-state index in [-0.39, 0.29) is 5.97 Å². The molecule has 2 heterocycles. The summed E-state index contributed by atoms with van der Waals surface area (Å²) in [5, 5.41) is 1.20. The molecule has 0 bridgehead atoms. The topological polar surface area (TPSA) is 45.1 Å². The van der Waals surface area contributed by atoms with Gasteiger partial charge in [-0.1, -0.05) is 31.2 Å². The van der Waals surface area contributed by atoms with Gasteiger partial charge in [0.05, 0.1) is 13.5 Å². The first kappa shape index (κ1) is 16.5. The first-order valence-electron chi connectivity index (χ1n) is 8.62. The van der Waals surface area contributed by atoms with Gasteiger partial charge in [0.15, 0.2) is 6.21 Å². The van der Waals surface area contributed by atoms with Gasteiger partial charge in [-0.25, -0.2) is 4.58 Å². The smallest absolute Gasteiger partial charge is 0.311 e. The zero-order valence-corrected chi connectivity index (χ0v) is 14.4. The van der Waals surface area contributed by atoms with E-state index in [9.17, 15) is 4.79 Å². The molecule has 0 saturated heterocycles. The van der Waals surface area contributed by atoms with E-state index < -0.39 is 0 Å². The Kier molecular flexibility index (Phi) is 5.14. The molecule has 4 nitrogen and oxygen atoms in total. The number of carbonyl (C=O) groups is 1. The van der Waals surface area contributed by atoms with Crippen LogP contribution >= 0.6 is 0 Å². The molecule has 3 rings (SSSR count). The number of esters is 1. The number of ether oxygens (including phenoxy) is 1. The summed E-state index contributed by atoms with van der Waals surface area (Å²) in [5.74, 6) is 0.425. The normalized spacial score (nSPS) is 17.1. The number of fused-ring (bicyclic) bond motifs is 1. The van der Waals surface area contributed by atoms with Gasteiger partial charge in [0.2, 0.25) is 0 Å². The van der Waals surface area contributed by atoms with Gasteiger partial charge in [-0.15, -0.1) is 0 Å². The minimum Gasteiger partial charge on any atom is -0.469 e. The number of aromatic amines is 1. The Balaban J connectivity index is 1.82. The summed E-state index contributed by atoms with van der Waals surface area (Å²) in [6, 6.07) is 8.24. The van der Waals surface area contributed by atoms with Crippen LogP contribution in [0.5, 0.6) is 0 Å². The molecule has 1 aliphatic rings. The molecule has 2 aromatic rings. The van der Waals surface area contributed by atoms with E-state index in [1.165, 1.54) is 24.5 Å². The van der Waals surface area contributed by atoms with Crippen molar-refractivity contribution >= 4 is 23.1 Å². The van der Waals surface area contributed by atoms with Crippen LogP contribution in [0.1, 0.15) is 24.6 Å². The molecule has 1 aromatic carbocycles. The largest absolute Gasteiger partial charge is 0.469 e. The van der Waals surface area contributed by atoms with E-state index in [4.69, 9.17) is 4.74 Å². The Morgan fingerprint density at radius 2 is 2.21 bits per heavy atom. The summed E-state index contributed by atoms with van der Waals surface area (Å²) in [5.41, 5.74) is 3.29. The number of rotatable bonds is 6. The van der Waals surface area contributed by atoms with Crippen LogP contribution in [0.4, 0.5) is 0 Å². The van der Waals surface area contributed by atoms with Gasteiger partial charge in [-0.3, -0.25) is 4.79 Å². The van der Waals surface area contributed by atoms with Crippen molar-refractivity contribution in [3.8, 4) is 0 Å². The van der Waals surface area contributed by atoms with Crippen LogP contribution in [-0.4, -0.2) is 41.9 Å². The average Bonchev–Trinajstić information content (AvgIpc) is 2.97. The first-order valence-corrected chi connectivity index (χ1v) is 8.62. The number of aromatic nitrogens is 1. The molecule has 0 radical (unpaired) electrons. The third-order valence-electron chi connectivity index (χ3n) is 4.77. The summed E-state index contributed by atoms with van der Waals surface area (Å²) >= 11 is 0. The van der Waals surface area contributed by atoms with Crippen LogP contribution in [-0.2, 0) is 22.4 Å². The van der Waals surface area contributed by atoms with Gasteiger partial charge in [-0.05, 0) is 24.1 Å². The van der Waals surface area contributed by atoms with E-state index in [0.717, 1.165) is 30.7 Å². The lowest BCUT2D eigenvalue weighted by Gasteiger charge is -2.13.